The molecular formula is C9H12N4O2S. The van der Waals surface area contributed by atoms with Crippen LogP contribution in [0.15, 0.2) is 18.3 Å². The van der Waals surface area contributed by atoms with Gasteiger partial charge in [0.2, 0.25) is 10.0 Å². The maximum Gasteiger partial charge on any atom is 0.233 e. The fourth-order valence-corrected chi connectivity index (χ4v) is 2.49. The van der Waals surface area contributed by atoms with E-state index in [1.54, 1.807) is 18.3 Å². The number of rotatable bonds is 4. The molecule has 0 saturated carbocycles. The second-order valence-electron chi connectivity index (χ2n) is 3.39. The Balaban J connectivity index is 2.35. The van der Waals surface area contributed by atoms with Crippen molar-refractivity contribution >= 4 is 26.9 Å². The van der Waals surface area contributed by atoms with Crippen LogP contribution in [-0.2, 0) is 10.0 Å². The van der Waals surface area contributed by atoms with Crippen molar-refractivity contribution < 1.29 is 8.42 Å². The third-order valence-corrected chi connectivity index (χ3v) is 3.51. The summed E-state index contributed by atoms with van der Waals surface area (Å²) in [6.07, 6.45) is 2.18. The van der Waals surface area contributed by atoms with Crippen LogP contribution in [0.2, 0.25) is 0 Å². The fraction of sp³-hybridized carbons (Fsp3) is 0.333. The van der Waals surface area contributed by atoms with Gasteiger partial charge in [-0.2, -0.15) is 5.10 Å². The molecule has 0 aliphatic heterocycles. The standard InChI is InChI=1S/C9H12N4O2S/c1-2-6-16(14,15)13-9-7-4-3-5-10-8(7)11-12-9/h3-5H,2,6H2,1H3,(H2,10,11,12,13). The number of fused-ring (bicyclic) bond motifs is 1. The first-order chi connectivity index (χ1) is 7.62. The Labute approximate surface area is 93.1 Å². The van der Waals surface area contributed by atoms with E-state index in [0.717, 1.165) is 0 Å². The Hall–Kier alpha value is -1.63. The number of nitrogens with one attached hydrogen (secondary N) is 2. The van der Waals surface area contributed by atoms with E-state index >= 15 is 0 Å². The number of anilines is 1. The van der Waals surface area contributed by atoms with Gasteiger partial charge in [-0.3, -0.25) is 9.82 Å². The molecule has 2 aromatic rings. The smallest absolute Gasteiger partial charge is 0.233 e. The van der Waals surface area contributed by atoms with Crippen LogP contribution in [0.4, 0.5) is 5.82 Å². The Morgan fingerprint density at radius 2 is 2.31 bits per heavy atom. The highest BCUT2D eigenvalue weighted by atomic mass is 32.2. The first kappa shape index (κ1) is 10.9. The molecule has 0 unspecified atom stereocenters. The van der Waals surface area contributed by atoms with Gasteiger partial charge in [0.15, 0.2) is 11.5 Å². The van der Waals surface area contributed by atoms with Gasteiger partial charge in [-0.05, 0) is 18.6 Å². The largest absolute Gasteiger partial charge is 0.265 e. The highest BCUT2D eigenvalue weighted by molar-refractivity contribution is 7.92. The number of aromatic nitrogens is 3. The SMILES string of the molecule is CCCS(=O)(=O)Nc1n[nH]c2ncccc12. The highest BCUT2D eigenvalue weighted by Gasteiger charge is 2.13. The van der Waals surface area contributed by atoms with Gasteiger partial charge in [0.1, 0.15) is 0 Å². The molecule has 0 amide bonds. The van der Waals surface area contributed by atoms with Gasteiger partial charge in [0.25, 0.3) is 0 Å². The average Bonchev–Trinajstić information content (AvgIpc) is 2.61. The first-order valence-corrected chi connectivity index (χ1v) is 6.57. The summed E-state index contributed by atoms with van der Waals surface area (Å²) in [7, 11) is -3.31. The molecule has 0 fully saturated rings. The summed E-state index contributed by atoms with van der Waals surface area (Å²) in [4.78, 5) is 4.02. The summed E-state index contributed by atoms with van der Waals surface area (Å²) >= 11 is 0. The number of nitrogens with zero attached hydrogens (tertiary/aromatic N) is 2. The summed E-state index contributed by atoms with van der Waals surface area (Å²) in [6.45, 7) is 1.81. The van der Waals surface area contributed by atoms with Crippen LogP contribution in [-0.4, -0.2) is 29.4 Å². The summed E-state index contributed by atoms with van der Waals surface area (Å²) in [6, 6.07) is 3.49. The Kier molecular flexibility index (Phi) is 2.78. The van der Waals surface area contributed by atoms with Crippen LogP contribution in [0.5, 0.6) is 0 Å². The topological polar surface area (TPSA) is 87.7 Å². The van der Waals surface area contributed by atoms with Crippen molar-refractivity contribution in [1.82, 2.24) is 15.2 Å². The average molecular weight is 240 g/mol. The molecule has 0 saturated heterocycles. The normalized spacial score (nSPS) is 11.8. The Morgan fingerprint density at radius 1 is 1.50 bits per heavy atom. The zero-order valence-corrected chi connectivity index (χ0v) is 9.58. The van der Waals surface area contributed by atoms with Gasteiger partial charge in [-0.15, -0.1) is 0 Å². The third kappa shape index (κ3) is 2.13. The maximum atomic E-state index is 11.6. The quantitative estimate of drug-likeness (QED) is 0.838. The molecule has 0 aliphatic carbocycles. The maximum absolute atomic E-state index is 11.6. The van der Waals surface area contributed by atoms with E-state index < -0.39 is 10.0 Å². The van der Waals surface area contributed by atoms with Crippen LogP contribution in [0, 0.1) is 0 Å². The number of hydrogen-bond donors (Lipinski definition) is 2. The molecule has 0 bridgehead atoms. The molecule has 0 aromatic carbocycles. The highest BCUT2D eigenvalue weighted by Crippen LogP contribution is 2.18. The van der Waals surface area contributed by atoms with Crippen LogP contribution in [0.1, 0.15) is 13.3 Å². The van der Waals surface area contributed by atoms with Crippen LogP contribution < -0.4 is 4.72 Å². The molecule has 86 valence electrons. The Morgan fingerprint density at radius 3 is 3.06 bits per heavy atom. The summed E-state index contributed by atoms with van der Waals surface area (Å²) in [5.74, 6) is 0.387. The number of sulfonamides is 1. The first-order valence-electron chi connectivity index (χ1n) is 4.92. The van der Waals surface area contributed by atoms with E-state index in [4.69, 9.17) is 0 Å². The molecule has 7 heteroatoms. The third-order valence-electron chi connectivity index (χ3n) is 2.06. The molecule has 16 heavy (non-hydrogen) atoms. The van der Waals surface area contributed by atoms with Crippen molar-refractivity contribution in [2.75, 3.05) is 10.5 Å². The molecule has 0 radical (unpaired) electrons. The van der Waals surface area contributed by atoms with Crippen LogP contribution >= 0.6 is 0 Å². The van der Waals surface area contributed by atoms with Crippen LogP contribution in [0.25, 0.3) is 11.0 Å². The van der Waals surface area contributed by atoms with Gasteiger partial charge in [-0.1, -0.05) is 6.92 Å². The summed E-state index contributed by atoms with van der Waals surface area (Å²) in [5.41, 5.74) is 0.566. The zero-order valence-electron chi connectivity index (χ0n) is 8.77. The molecule has 0 atom stereocenters. The monoisotopic (exact) mass is 240 g/mol. The fourth-order valence-electron chi connectivity index (χ4n) is 1.40. The van der Waals surface area contributed by atoms with E-state index in [-0.39, 0.29) is 5.75 Å². The molecule has 0 aliphatic rings. The van der Waals surface area contributed by atoms with E-state index in [1.807, 2.05) is 6.92 Å². The van der Waals surface area contributed by atoms with Crippen molar-refractivity contribution in [3.63, 3.8) is 0 Å². The minimum Gasteiger partial charge on any atom is -0.265 e. The predicted octanol–water partition coefficient (Wildman–Crippen LogP) is 1.11. The predicted molar refractivity (Wildman–Crippen MR) is 61.6 cm³/mol. The Bertz CT molecular complexity index is 590. The second kappa shape index (κ2) is 4.09. The van der Waals surface area contributed by atoms with Gasteiger partial charge < -0.3 is 0 Å². The summed E-state index contributed by atoms with van der Waals surface area (Å²) < 4.78 is 25.5. The van der Waals surface area contributed by atoms with Crippen molar-refractivity contribution in [3.05, 3.63) is 18.3 Å². The minimum atomic E-state index is -3.31. The second-order valence-corrected chi connectivity index (χ2v) is 5.23. The van der Waals surface area contributed by atoms with E-state index in [9.17, 15) is 8.42 Å². The molecule has 2 aromatic heterocycles. The van der Waals surface area contributed by atoms with E-state index in [0.29, 0.717) is 23.3 Å². The molecule has 0 spiro atoms. The lowest BCUT2D eigenvalue weighted by Crippen LogP contribution is -2.16. The molecule has 2 heterocycles. The number of hydrogen-bond acceptors (Lipinski definition) is 4. The number of aromatic amines is 1. The molecule has 2 rings (SSSR count). The van der Waals surface area contributed by atoms with Crippen molar-refractivity contribution in [2.45, 2.75) is 13.3 Å². The van der Waals surface area contributed by atoms with Gasteiger partial charge in [0, 0.05) is 6.20 Å². The molecular weight excluding hydrogens is 228 g/mol. The minimum absolute atomic E-state index is 0.0849. The van der Waals surface area contributed by atoms with Gasteiger partial charge in [-0.25, -0.2) is 13.4 Å². The van der Waals surface area contributed by atoms with E-state index in [2.05, 4.69) is 19.9 Å². The van der Waals surface area contributed by atoms with E-state index in [1.165, 1.54) is 0 Å². The number of H-pyrrole nitrogens is 1. The zero-order chi connectivity index (χ0) is 11.6. The van der Waals surface area contributed by atoms with Crippen molar-refractivity contribution in [3.8, 4) is 0 Å². The number of pyridine rings is 1. The lowest BCUT2D eigenvalue weighted by Gasteiger charge is -2.03. The van der Waals surface area contributed by atoms with Crippen molar-refractivity contribution in [2.24, 2.45) is 0 Å². The van der Waals surface area contributed by atoms with Crippen molar-refractivity contribution in [1.29, 1.82) is 0 Å². The molecule has 2 N–H and O–H groups in total. The van der Waals surface area contributed by atoms with Crippen LogP contribution in [0.3, 0.4) is 0 Å². The van der Waals surface area contributed by atoms with Gasteiger partial charge >= 0.3 is 0 Å². The lowest BCUT2D eigenvalue weighted by atomic mass is 10.3. The lowest BCUT2D eigenvalue weighted by molar-refractivity contribution is 0.599. The van der Waals surface area contributed by atoms with Gasteiger partial charge in [0.05, 0.1) is 11.1 Å². The summed E-state index contributed by atoms with van der Waals surface area (Å²) in [5, 5.41) is 7.22. The molecule has 6 nitrogen and oxygen atoms in total.